The molecule has 2 atom stereocenters. The molecule has 0 fully saturated rings. The zero-order valence-electron chi connectivity index (χ0n) is 19.3. The molecule has 8 nitrogen and oxygen atoms in total. The monoisotopic (exact) mass is 492 g/mol. The van der Waals surface area contributed by atoms with Crippen molar-refractivity contribution in [2.75, 3.05) is 0 Å². The second kappa shape index (κ2) is 10.6. The van der Waals surface area contributed by atoms with Crippen LogP contribution < -0.4 is 10.1 Å². The molecule has 0 radical (unpaired) electrons. The van der Waals surface area contributed by atoms with Crippen molar-refractivity contribution in [2.24, 2.45) is 0 Å². The molecule has 0 saturated heterocycles. The number of carbonyl (C=O) groups is 2. The van der Waals surface area contributed by atoms with Crippen LogP contribution in [0.25, 0.3) is 11.0 Å². The average Bonchev–Trinajstić information content (AvgIpc) is 3.26. The Hall–Kier alpha value is -3.91. The normalized spacial score (nSPS) is 12.8. The quantitative estimate of drug-likeness (QED) is 0.345. The van der Waals surface area contributed by atoms with Gasteiger partial charge in [-0.25, -0.2) is 9.48 Å². The van der Waals surface area contributed by atoms with Crippen LogP contribution in [0.5, 0.6) is 5.75 Å². The van der Waals surface area contributed by atoms with E-state index in [1.807, 2.05) is 37.3 Å². The zero-order chi connectivity index (χ0) is 24.9. The van der Waals surface area contributed by atoms with Gasteiger partial charge in [-0.05, 0) is 60.9 Å². The summed E-state index contributed by atoms with van der Waals surface area (Å²) in [6, 6.07) is 20.0. The van der Waals surface area contributed by atoms with Crippen molar-refractivity contribution in [2.45, 2.75) is 39.0 Å². The first-order valence-electron chi connectivity index (χ1n) is 11.2. The molecule has 1 heterocycles. The molecule has 9 heteroatoms. The largest absolute Gasteiger partial charge is 0.479 e. The predicted octanol–water partition coefficient (Wildman–Crippen LogP) is 4.87. The fourth-order valence-electron chi connectivity index (χ4n) is 3.74. The molecular formula is C26H25ClN4O4. The number of carboxylic acid groups (broad SMARTS) is 1. The number of amides is 1. The highest BCUT2D eigenvalue weighted by Crippen LogP contribution is 2.25. The molecular weight excluding hydrogens is 468 g/mol. The summed E-state index contributed by atoms with van der Waals surface area (Å²) in [5.74, 6) is -0.846. The number of benzene rings is 3. The number of hydrogen-bond acceptors (Lipinski definition) is 5. The summed E-state index contributed by atoms with van der Waals surface area (Å²) < 4.78 is 7.11. The first kappa shape index (κ1) is 24.2. The van der Waals surface area contributed by atoms with E-state index in [1.54, 1.807) is 41.1 Å². The summed E-state index contributed by atoms with van der Waals surface area (Å²) in [6.45, 7) is 3.78. The van der Waals surface area contributed by atoms with E-state index in [2.05, 4.69) is 15.6 Å². The second-order valence-corrected chi connectivity index (χ2v) is 8.55. The van der Waals surface area contributed by atoms with Crippen molar-refractivity contribution in [3.05, 3.63) is 88.4 Å². The lowest BCUT2D eigenvalue weighted by atomic mass is 10.0. The van der Waals surface area contributed by atoms with Crippen LogP contribution >= 0.6 is 11.6 Å². The molecule has 3 aromatic carbocycles. The van der Waals surface area contributed by atoms with Gasteiger partial charge >= 0.3 is 5.97 Å². The van der Waals surface area contributed by atoms with E-state index in [4.69, 9.17) is 21.4 Å². The van der Waals surface area contributed by atoms with E-state index in [9.17, 15) is 9.59 Å². The Morgan fingerprint density at radius 3 is 2.60 bits per heavy atom. The molecule has 0 aliphatic heterocycles. The molecule has 0 saturated carbocycles. The Bertz CT molecular complexity index is 1360. The van der Waals surface area contributed by atoms with E-state index in [0.717, 1.165) is 17.5 Å². The third kappa shape index (κ3) is 5.60. The van der Waals surface area contributed by atoms with Gasteiger partial charge in [-0.2, -0.15) is 0 Å². The number of halogens is 1. The number of rotatable bonds is 9. The van der Waals surface area contributed by atoms with Crippen LogP contribution in [0, 0.1) is 0 Å². The Labute approximate surface area is 207 Å². The molecule has 1 aromatic heterocycles. The van der Waals surface area contributed by atoms with Crippen LogP contribution in [0.3, 0.4) is 0 Å². The number of carbonyl (C=O) groups excluding carboxylic acids is 1. The molecule has 4 aromatic rings. The highest BCUT2D eigenvalue weighted by molar-refractivity contribution is 6.31. The van der Waals surface area contributed by atoms with Crippen LogP contribution in [-0.2, 0) is 11.3 Å². The Balaban J connectivity index is 1.52. The van der Waals surface area contributed by atoms with E-state index in [-0.39, 0.29) is 11.9 Å². The zero-order valence-corrected chi connectivity index (χ0v) is 20.1. The van der Waals surface area contributed by atoms with Crippen molar-refractivity contribution >= 4 is 34.5 Å². The maximum absolute atomic E-state index is 12.9. The van der Waals surface area contributed by atoms with Crippen LogP contribution in [-0.4, -0.2) is 38.1 Å². The number of nitrogens with one attached hydrogen (secondary N) is 1. The number of aromatic nitrogens is 3. The average molecular weight is 493 g/mol. The SMILES string of the molecule is CC[C@@H](NC(=O)c1ccc2c(c1)nnn2Cc1cc(OC(C)C(=O)O)ccc1Cl)c1ccccc1. The van der Waals surface area contributed by atoms with Crippen molar-refractivity contribution in [3.63, 3.8) is 0 Å². The van der Waals surface area contributed by atoms with Crippen LogP contribution in [0.15, 0.2) is 66.7 Å². The molecule has 0 aliphatic rings. The fraction of sp³-hybridized carbons (Fsp3) is 0.231. The maximum atomic E-state index is 12.9. The molecule has 2 N–H and O–H groups in total. The van der Waals surface area contributed by atoms with Crippen molar-refractivity contribution < 1.29 is 19.4 Å². The topological polar surface area (TPSA) is 106 Å². The smallest absolute Gasteiger partial charge is 0.344 e. The summed E-state index contributed by atoms with van der Waals surface area (Å²) in [5, 5.41) is 21.1. The summed E-state index contributed by atoms with van der Waals surface area (Å²) in [4.78, 5) is 24.0. The van der Waals surface area contributed by atoms with Crippen LogP contribution in [0.1, 0.15) is 47.8 Å². The van der Waals surface area contributed by atoms with Gasteiger partial charge in [0.25, 0.3) is 5.91 Å². The van der Waals surface area contributed by atoms with Gasteiger partial charge in [-0.15, -0.1) is 5.10 Å². The minimum Gasteiger partial charge on any atom is -0.479 e. The van der Waals surface area contributed by atoms with Gasteiger partial charge in [0.15, 0.2) is 6.10 Å². The lowest BCUT2D eigenvalue weighted by molar-refractivity contribution is -0.144. The van der Waals surface area contributed by atoms with E-state index < -0.39 is 12.1 Å². The maximum Gasteiger partial charge on any atom is 0.344 e. The standard InChI is InChI=1S/C26H25ClN4O4/c1-3-22(17-7-5-4-6-8-17)28-25(32)18-9-12-24-23(14-18)29-30-31(24)15-19-13-20(10-11-21(19)27)35-16(2)26(33)34/h4-14,16,22H,3,15H2,1-2H3,(H,28,32)(H,33,34)/t16?,22-/m1/s1. The third-order valence-corrected chi connectivity index (χ3v) is 6.06. The number of aliphatic carboxylic acids is 1. The highest BCUT2D eigenvalue weighted by atomic mass is 35.5. The number of nitrogens with zero attached hydrogens (tertiary/aromatic N) is 3. The molecule has 1 unspecified atom stereocenters. The summed E-state index contributed by atoms with van der Waals surface area (Å²) >= 11 is 6.36. The predicted molar refractivity (Wildman–Crippen MR) is 133 cm³/mol. The molecule has 180 valence electrons. The Morgan fingerprint density at radius 2 is 1.89 bits per heavy atom. The molecule has 1 amide bonds. The van der Waals surface area contributed by atoms with Gasteiger partial charge in [-0.1, -0.05) is 54.1 Å². The second-order valence-electron chi connectivity index (χ2n) is 8.15. The first-order valence-corrected chi connectivity index (χ1v) is 11.6. The Morgan fingerprint density at radius 1 is 1.11 bits per heavy atom. The number of carboxylic acids is 1. The highest BCUT2D eigenvalue weighted by Gasteiger charge is 2.17. The van der Waals surface area contributed by atoms with Gasteiger partial charge in [-0.3, -0.25) is 4.79 Å². The third-order valence-electron chi connectivity index (χ3n) is 5.69. The molecule has 0 aliphatic carbocycles. The number of ether oxygens (including phenoxy) is 1. The van der Waals surface area contributed by atoms with Gasteiger partial charge in [0.1, 0.15) is 11.3 Å². The molecule has 4 rings (SSSR count). The summed E-state index contributed by atoms with van der Waals surface area (Å²) in [5.41, 5.74) is 3.56. The van der Waals surface area contributed by atoms with E-state index in [1.165, 1.54) is 6.92 Å². The van der Waals surface area contributed by atoms with Crippen molar-refractivity contribution in [3.8, 4) is 5.75 Å². The molecule has 35 heavy (non-hydrogen) atoms. The van der Waals surface area contributed by atoms with Gasteiger partial charge in [0, 0.05) is 10.6 Å². The van der Waals surface area contributed by atoms with Gasteiger partial charge < -0.3 is 15.2 Å². The summed E-state index contributed by atoms with van der Waals surface area (Å²) in [6.07, 6.45) is -0.224. The minimum atomic E-state index is -1.06. The van der Waals surface area contributed by atoms with Gasteiger partial charge in [0.05, 0.1) is 18.1 Å². The van der Waals surface area contributed by atoms with E-state index >= 15 is 0 Å². The van der Waals surface area contributed by atoms with Crippen molar-refractivity contribution in [1.29, 1.82) is 0 Å². The number of hydrogen-bond donors (Lipinski definition) is 2. The fourth-order valence-corrected chi connectivity index (χ4v) is 3.92. The summed E-state index contributed by atoms with van der Waals surface area (Å²) in [7, 11) is 0. The Kier molecular flexibility index (Phi) is 7.31. The van der Waals surface area contributed by atoms with Gasteiger partial charge in [0.2, 0.25) is 0 Å². The van der Waals surface area contributed by atoms with Crippen LogP contribution in [0.4, 0.5) is 0 Å². The van der Waals surface area contributed by atoms with E-state index in [0.29, 0.717) is 34.0 Å². The number of fused-ring (bicyclic) bond motifs is 1. The first-order chi connectivity index (χ1) is 16.9. The molecule has 0 spiro atoms. The van der Waals surface area contributed by atoms with Crippen LogP contribution in [0.2, 0.25) is 5.02 Å². The molecule has 0 bridgehead atoms. The lowest BCUT2D eigenvalue weighted by Gasteiger charge is -2.17. The van der Waals surface area contributed by atoms with Crippen molar-refractivity contribution in [1.82, 2.24) is 20.3 Å². The minimum absolute atomic E-state index is 0.0874. The lowest BCUT2D eigenvalue weighted by Crippen LogP contribution is -2.28.